The first-order valence-corrected chi connectivity index (χ1v) is 12.5. The lowest BCUT2D eigenvalue weighted by atomic mass is 9.64. The highest BCUT2D eigenvalue weighted by molar-refractivity contribution is 6.30. The Morgan fingerprint density at radius 3 is 2.53 bits per heavy atom. The topological polar surface area (TPSA) is 35.9 Å². The maximum Gasteiger partial charge on any atom is 0.261 e. The first kappa shape index (κ1) is 21.4. The Balaban J connectivity index is 1.39. The second-order valence-corrected chi connectivity index (χ2v) is 10.3. The van der Waals surface area contributed by atoms with Crippen molar-refractivity contribution in [1.82, 2.24) is 0 Å². The minimum Gasteiger partial charge on any atom is -0.367 e. The molecule has 3 aromatic rings. The van der Waals surface area contributed by atoms with Crippen LogP contribution in [0.3, 0.4) is 0 Å². The molecule has 3 aliphatic heterocycles. The number of halogens is 1. The number of amides is 1. The largest absolute Gasteiger partial charge is 0.367 e. The molecule has 4 nitrogen and oxygen atoms in total. The number of carbonyl (C=O) groups is 1. The van der Waals surface area contributed by atoms with E-state index in [4.69, 9.17) is 16.7 Å². The number of anilines is 2. The van der Waals surface area contributed by atoms with Crippen molar-refractivity contribution in [2.75, 3.05) is 16.5 Å². The van der Waals surface area contributed by atoms with E-state index in [-0.39, 0.29) is 11.9 Å². The van der Waals surface area contributed by atoms with Gasteiger partial charge in [-0.15, -0.1) is 0 Å². The fourth-order valence-electron chi connectivity index (χ4n) is 6.26. The monoisotopic (exact) mass is 469 g/mol. The number of fused-ring (bicyclic) bond motifs is 4. The standard InChI is InChI=1S/C29H28ClN3O/c1-20-29(28(34)33(31-20)25-13-11-24(30)12-14-25)19-23-9-5-6-10-26(23)32-16-15-22(18-27(29)32)17-21-7-3-2-4-8-21/h2-14,22,27H,15-19H2,1H3/t22-,27-,29-/m1/s1. The summed E-state index contributed by atoms with van der Waals surface area (Å²) in [5.41, 5.74) is 4.92. The highest BCUT2D eigenvalue weighted by atomic mass is 35.5. The van der Waals surface area contributed by atoms with E-state index in [0.717, 1.165) is 37.2 Å². The third kappa shape index (κ3) is 3.35. The molecule has 0 aliphatic carbocycles. The van der Waals surface area contributed by atoms with Crippen molar-refractivity contribution in [3.05, 3.63) is 95.0 Å². The van der Waals surface area contributed by atoms with Crippen LogP contribution in [0.5, 0.6) is 0 Å². The number of hydrazone groups is 1. The predicted octanol–water partition coefficient (Wildman–Crippen LogP) is 6.13. The highest BCUT2D eigenvalue weighted by Crippen LogP contribution is 2.50. The minimum atomic E-state index is -0.649. The van der Waals surface area contributed by atoms with E-state index >= 15 is 0 Å². The number of hydrogen-bond acceptors (Lipinski definition) is 3. The number of nitrogens with zero attached hydrogens (tertiary/aromatic N) is 3. The van der Waals surface area contributed by atoms with Gasteiger partial charge in [0.15, 0.2) is 0 Å². The number of hydrogen-bond donors (Lipinski definition) is 0. The van der Waals surface area contributed by atoms with Gasteiger partial charge in [-0.2, -0.15) is 10.1 Å². The molecule has 1 spiro atoms. The summed E-state index contributed by atoms with van der Waals surface area (Å²) in [6, 6.07) is 26.8. The summed E-state index contributed by atoms with van der Waals surface area (Å²) in [5.74, 6) is 0.619. The SMILES string of the molecule is CC1=NN(c2ccc(Cl)cc2)C(=O)[C@]12Cc1ccccc1N1CC[C@H](Cc3ccccc3)C[C@@H]12. The van der Waals surface area contributed by atoms with Crippen molar-refractivity contribution < 1.29 is 4.79 Å². The molecule has 0 unspecified atom stereocenters. The first-order valence-electron chi connectivity index (χ1n) is 12.1. The third-order valence-corrected chi connectivity index (χ3v) is 8.21. The van der Waals surface area contributed by atoms with Gasteiger partial charge in [0.2, 0.25) is 0 Å². The molecule has 3 aromatic carbocycles. The number of para-hydroxylation sites is 1. The highest BCUT2D eigenvalue weighted by Gasteiger charge is 2.59. The van der Waals surface area contributed by atoms with Crippen LogP contribution in [-0.2, 0) is 17.6 Å². The van der Waals surface area contributed by atoms with Gasteiger partial charge < -0.3 is 4.90 Å². The van der Waals surface area contributed by atoms with Crippen molar-refractivity contribution in [3.63, 3.8) is 0 Å². The van der Waals surface area contributed by atoms with E-state index in [1.54, 1.807) is 5.01 Å². The summed E-state index contributed by atoms with van der Waals surface area (Å²) >= 11 is 6.11. The Hall–Kier alpha value is -3.11. The molecule has 0 bridgehead atoms. The molecule has 6 rings (SSSR count). The van der Waals surface area contributed by atoms with Gasteiger partial charge in [-0.1, -0.05) is 60.1 Å². The van der Waals surface area contributed by atoms with Gasteiger partial charge in [0.1, 0.15) is 5.41 Å². The lowest BCUT2D eigenvalue weighted by Gasteiger charge is -2.52. The molecule has 1 saturated heterocycles. The normalized spacial score (nSPS) is 25.8. The Morgan fingerprint density at radius 2 is 1.74 bits per heavy atom. The van der Waals surface area contributed by atoms with E-state index in [0.29, 0.717) is 17.4 Å². The molecule has 5 heteroatoms. The van der Waals surface area contributed by atoms with Crippen molar-refractivity contribution in [2.24, 2.45) is 16.4 Å². The van der Waals surface area contributed by atoms with Crippen LogP contribution < -0.4 is 9.91 Å². The number of piperidine rings is 1. The lowest BCUT2D eigenvalue weighted by molar-refractivity contribution is -0.125. The number of rotatable bonds is 3. The van der Waals surface area contributed by atoms with Gasteiger partial charge >= 0.3 is 0 Å². The maximum absolute atomic E-state index is 14.3. The van der Waals surface area contributed by atoms with Crippen molar-refractivity contribution in [1.29, 1.82) is 0 Å². The van der Waals surface area contributed by atoms with E-state index < -0.39 is 5.41 Å². The molecule has 0 N–H and O–H groups in total. The molecular weight excluding hydrogens is 442 g/mol. The lowest BCUT2D eigenvalue weighted by Crippen LogP contribution is -2.62. The fraction of sp³-hybridized carbons (Fsp3) is 0.310. The zero-order valence-corrected chi connectivity index (χ0v) is 20.1. The molecule has 3 heterocycles. The van der Waals surface area contributed by atoms with Gasteiger partial charge in [-0.05, 0) is 80.0 Å². The minimum absolute atomic E-state index is 0.0807. The van der Waals surface area contributed by atoms with Gasteiger partial charge in [0.25, 0.3) is 5.91 Å². The predicted molar refractivity (Wildman–Crippen MR) is 139 cm³/mol. The summed E-state index contributed by atoms with van der Waals surface area (Å²) in [6.07, 6.45) is 3.85. The van der Waals surface area contributed by atoms with Crippen LogP contribution >= 0.6 is 11.6 Å². The molecule has 1 amide bonds. The second-order valence-electron chi connectivity index (χ2n) is 9.84. The smallest absolute Gasteiger partial charge is 0.261 e. The first-order chi connectivity index (χ1) is 16.6. The summed E-state index contributed by atoms with van der Waals surface area (Å²) in [5, 5.41) is 7.11. The summed E-state index contributed by atoms with van der Waals surface area (Å²) in [4.78, 5) is 16.8. The average Bonchev–Trinajstić information content (AvgIpc) is 3.11. The molecular formula is C29H28ClN3O. The van der Waals surface area contributed by atoms with Crippen LogP contribution in [0.4, 0.5) is 11.4 Å². The number of benzene rings is 3. The second kappa shape index (κ2) is 8.28. The maximum atomic E-state index is 14.3. The van der Waals surface area contributed by atoms with Crippen molar-refractivity contribution in [2.45, 2.75) is 38.6 Å². The Labute approximate surface area is 205 Å². The summed E-state index contributed by atoms with van der Waals surface area (Å²) in [6.45, 7) is 3.00. The Bertz CT molecular complexity index is 1260. The van der Waals surface area contributed by atoms with Crippen LogP contribution in [0.15, 0.2) is 84.0 Å². The zero-order valence-electron chi connectivity index (χ0n) is 19.3. The van der Waals surface area contributed by atoms with Crippen LogP contribution in [-0.4, -0.2) is 24.2 Å². The molecule has 0 aromatic heterocycles. The molecule has 1 fully saturated rings. The fourth-order valence-corrected chi connectivity index (χ4v) is 6.38. The molecule has 3 aliphatic rings. The summed E-state index contributed by atoms with van der Waals surface area (Å²) in [7, 11) is 0. The quantitative estimate of drug-likeness (QED) is 0.462. The molecule has 0 saturated carbocycles. The van der Waals surface area contributed by atoms with E-state index in [2.05, 4.69) is 59.5 Å². The van der Waals surface area contributed by atoms with Crippen LogP contribution in [0, 0.1) is 11.3 Å². The third-order valence-electron chi connectivity index (χ3n) is 7.96. The van der Waals surface area contributed by atoms with E-state index in [9.17, 15) is 4.79 Å². The van der Waals surface area contributed by atoms with Crippen LogP contribution in [0.2, 0.25) is 5.02 Å². The average molecular weight is 470 g/mol. The van der Waals surface area contributed by atoms with Gasteiger partial charge in [0.05, 0.1) is 11.4 Å². The zero-order chi connectivity index (χ0) is 23.3. The van der Waals surface area contributed by atoms with Crippen LogP contribution in [0.1, 0.15) is 30.9 Å². The molecule has 3 atom stereocenters. The van der Waals surface area contributed by atoms with E-state index in [1.807, 2.05) is 31.2 Å². The van der Waals surface area contributed by atoms with Gasteiger partial charge in [-0.25, -0.2) is 0 Å². The van der Waals surface area contributed by atoms with Crippen LogP contribution in [0.25, 0.3) is 0 Å². The Morgan fingerprint density at radius 1 is 1.00 bits per heavy atom. The van der Waals surface area contributed by atoms with Gasteiger partial charge in [0, 0.05) is 23.3 Å². The molecule has 0 radical (unpaired) electrons. The number of carbonyl (C=O) groups excluding carboxylic acids is 1. The van der Waals surface area contributed by atoms with Crippen molar-refractivity contribution >= 4 is 34.6 Å². The Kier molecular flexibility index (Phi) is 5.22. The summed E-state index contributed by atoms with van der Waals surface area (Å²) < 4.78 is 0. The van der Waals surface area contributed by atoms with Crippen molar-refractivity contribution in [3.8, 4) is 0 Å². The van der Waals surface area contributed by atoms with Gasteiger partial charge in [-0.3, -0.25) is 4.79 Å². The van der Waals surface area contributed by atoms with E-state index in [1.165, 1.54) is 16.8 Å². The molecule has 34 heavy (non-hydrogen) atoms. The molecule has 172 valence electrons.